The quantitative estimate of drug-likeness (QED) is 0.743. The number of nitrogens with zero attached hydrogens (tertiary/aromatic N) is 2. The highest BCUT2D eigenvalue weighted by Crippen LogP contribution is 2.46. The highest BCUT2D eigenvalue weighted by atomic mass is 32.2. The molecule has 3 aromatic rings. The Bertz CT molecular complexity index is 988. The Morgan fingerprint density at radius 3 is 2.88 bits per heavy atom. The molecule has 3 heterocycles. The third-order valence-electron chi connectivity index (χ3n) is 4.02. The molecule has 4 rings (SSSR count). The number of pyridine rings is 1. The third-order valence-corrected chi connectivity index (χ3v) is 5.12. The van der Waals surface area contributed by atoms with Gasteiger partial charge in [-0.3, -0.25) is 0 Å². The number of anilines is 1. The van der Waals surface area contributed by atoms with Crippen LogP contribution in [0.4, 0.5) is 5.82 Å². The predicted octanol–water partition coefficient (Wildman–Crippen LogP) is 3.56. The van der Waals surface area contributed by atoms with E-state index in [1.54, 1.807) is 23.9 Å². The molecule has 118 valence electrons. The van der Waals surface area contributed by atoms with E-state index in [0.29, 0.717) is 28.4 Å². The third kappa shape index (κ3) is 2.18. The van der Waals surface area contributed by atoms with Crippen molar-refractivity contribution < 1.29 is 9.52 Å². The first-order valence-electron chi connectivity index (χ1n) is 7.37. The van der Waals surface area contributed by atoms with Crippen LogP contribution in [0.3, 0.4) is 0 Å². The van der Waals surface area contributed by atoms with Gasteiger partial charge >= 0.3 is 0 Å². The lowest BCUT2D eigenvalue weighted by Crippen LogP contribution is -2.07. The lowest BCUT2D eigenvalue weighted by Gasteiger charge is -2.22. The van der Waals surface area contributed by atoms with E-state index >= 15 is 0 Å². The molecule has 0 aliphatic carbocycles. The van der Waals surface area contributed by atoms with Gasteiger partial charge in [0.1, 0.15) is 35.6 Å². The maximum Gasteiger partial charge on any atom is 0.142 e. The van der Waals surface area contributed by atoms with Crippen molar-refractivity contribution in [2.24, 2.45) is 0 Å². The average molecular weight is 335 g/mol. The van der Waals surface area contributed by atoms with Gasteiger partial charge in [-0.2, -0.15) is 5.26 Å². The van der Waals surface area contributed by atoms with Gasteiger partial charge in [0.15, 0.2) is 0 Å². The first-order valence-corrected chi connectivity index (χ1v) is 8.36. The van der Waals surface area contributed by atoms with Gasteiger partial charge in [0.05, 0.1) is 5.69 Å². The maximum absolute atomic E-state index is 9.55. The van der Waals surface area contributed by atoms with Gasteiger partial charge in [-0.1, -0.05) is 18.2 Å². The number of furan rings is 1. The number of thioether (sulfide) groups is 1. The van der Waals surface area contributed by atoms with Crippen LogP contribution in [0.15, 0.2) is 45.7 Å². The highest BCUT2D eigenvalue weighted by Gasteiger charge is 2.27. The maximum atomic E-state index is 9.55. The molecule has 0 saturated carbocycles. The summed E-state index contributed by atoms with van der Waals surface area (Å²) in [6.45, 7) is -0.192. The number of nitrogen functional groups attached to an aromatic ring is 1. The van der Waals surface area contributed by atoms with Gasteiger partial charge in [-0.15, -0.1) is 11.8 Å². The Balaban J connectivity index is 2.03. The molecule has 0 radical (unpaired) electrons. The van der Waals surface area contributed by atoms with E-state index in [2.05, 4.69) is 17.1 Å². The molecule has 3 N–H and O–H groups in total. The number of hydrogen-bond donors (Lipinski definition) is 2. The first-order chi connectivity index (χ1) is 11.7. The first kappa shape index (κ1) is 14.8. The molecule has 0 fully saturated rings. The van der Waals surface area contributed by atoms with E-state index in [1.165, 1.54) is 0 Å². The number of hydrogen-bond acceptors (Lipinski definition) is 6. The normalized spacial score (nSPS) is 12.3. The van der Waals surface area contributed by atoms with Crippen molar-refractivity contribution in [1.82, 2.24) is 4.98 Å². The summed E-state index contributed by atoms with van der Waals surface area (Å²) in [4.78, 5) is 5.63. The summed E-state index contributed by atoms with van der Waals surface area (Å²) in [6, 6.07) is 13.6. The number of rotatable bonds is 2. The number of aromatic nitrogens is 1. The van der Waals surface area contributed by atoms with Crippen molar-refractivity contribution in [3.63, 3.8) is 0 Å². The molecule has 0 bridgehead atoms. The van der Waals surface area contributed by atoms with Gasteiger partial charge in [0, 0.05) is 27.3 Å². The SMILES string of the molecule is N#Cc1c(N)nc2c(c1-c1ccc(CO)o1)CSc1ccccc1-2. The van der Waals surface area contributed by atoms with Crippen LogP contribution in [-0.2, 0) is 12.4 Å². The summed E-state index contributed by atoms with van der Waals surface area (Å²) in [5, 5.41) is 18.8. The molecule has 0 unspecified atom stereocenters. The van der Waals surface area contributed by atoms with Crippen LogP contribution in [0.2, 0.25) is 0 Å². The molecule has 0 amide bonds. The lowest BCUT2D eigenvalue weighted by molar-refractivity contribution is 0.248. The van der Waals surface area contributed by atoms with Crippen LogP contribution in [0.25, 0.3) is 22.6 Å². The number of nitriles is 1. The molecule has 2 aromatic heterocycles. The van der Waals surface area contributed by atoms with E-state index in [4.69, 9.17) is 10.2 Å². The van der Waals surface area contributed by atoms with E-state index in [-0.39, 0.29) is 12.4 Å². The van der Waals surface area contributed by atoms with Crippen LogP contribution >= 0.6 is 11.8 Å². The molecule has 1 aliphatic heterocycles. The number of aliphatic hydroxyl groups is 1. The van der Waals surface area contributed by atoms with Crippen molar-refractivity contribution in [3.8, 4) is 28.7 Å². The summed E-state index contributed by atoms with van der Waals surface area (Å²) >= 11 is 1.70. The smallest absolute Gasteiger partial charge is 0.142 e. The van der Waals surface area contributed by atoms with Crippen molar-refractivity contribution in [2.45, 2.75) is 17.3 Å². The fraction of sp³-hybridized carbons (Fsp3) is 0.111. The number of benzene rings is 1. The summed E-state index contributed by atoms with van der Waals surface area (Å²) < 4.78 is 5.68. The number of nitrogens with two attached hydrogens (primary N) is 1. The minimum absolute atomic E-state index is 0.190. The van der Waals surface area contributed by atoms with Gasteiger partial charge in [-0.25, -0.2) is 4.98 Å². The van der Waals surface area contributed by atoms with E-state index in [1.807, 2.05) is 18.2 Å². The van der Waals surface area contributed by atoms with Crippen molar-refractivity contribution in [3.05, 3.63) is 53.3 Å². The van der Waals surface area contributed by atoms with E-state index in [0.717, 1.165) is 21.7 Å². The van der Waals surface area contributed by atoms with Crippen LogP contribution in [0, 0.1) is 11.3 Å². The van der Waals surface area contributed by atoms with Crippen molar-refractivity contribution in [1.29, 1.82) is 5.26 Å². The van der Waals surface area contributed by atoms with Crippen LogP contribution in [-0.4, -0.2) is 10.1 Å². The molecule has 0 saturated heterocycles. The zero-order valence-corrected chi connectivity index (χ0v) is 13.4. The second-order valence-electron chi connectivity index (χ2n) is 5.39. The lowest BCUT2D eigenvalue weighted by atomic mass is 9.96. The Morgan fingerprint density at radius 1 is 1.29 bits per heavy atom. The van der Waals surface area contributed by atoms with Gasteiger partial charge in [-0.05, 0) is 18.2 Å². The molecule has 5 nitrogen and oxygen atoms in total. The fourth-order valence-corrected chi connectivity index (χ4v) is 4.00. The molecular formula is C18H13N3O2S. The minimum atomic E-state index is -0.192. The molecular weight excluding hydrogens is 322 g/mol. The Morgan fingerprint density at radius 2 is 2.12 bits per heavy atom. The summed E-state index contributed by atoms with van der Waals surface area (Å²) in [5.74, 6) is 1.84. The van der Waals surface area contributed by atoms with Gasteiger partial charge in [0.2, 0.25) is 0 Å². The molecule has 0 spiro atoms. The zero-order chi connectivity index (χ0) is 16.7. The van der Waals surface area contributed by atoms with Crippen LogP contribution in [0.5, 0.6) is 0 Å². The Kier molecular flexibility index (Phi) is 3.53. The second-order valence-corrected chi connectivity index (χ2v) is 6.41. The highest BCUT2D eigenvalue weighted by molar-refractivity contribution is 7.98. The molecule has 24 heavy (non-hydrogen) atoms. The molecule has 6 heteroatoms. The predicted molar refractivity (Wildman–Crippen MR) is 92.0 cm³/mol. The van der Waals surface area contributed by atoms with E-state index in [9.17, 15) is 10.4 Å². The summed E-state index contributed by atoms with van der Waals surface area (Å²) in [7, 11) is 0. The number of aliphatic hydroxyl groups excluding tert-OH is 1. The molecule has 0 atom stereocenters. The van der Waals surface area contributed by atoms with Gasteiger partial charge in [0.25, 0.3) is 0 Å². The Labute approximate surface area is 142 Å². The van der Waals surface area contributed by atoms with Crippen molar-refractivity contribution in [2.75, 3.05) is 5.73 Å². The average Bonchev–Trinajstić information content (AvgIpc) is 3.09. The Hall–Kier alpha value is -2.75. The largest absolute Gasteiger partial charge is 0.459 e. The molecule has 1 aliphatic rings. The molecule has 1 aromatic carbocycles. The van der Waals surface area contributed by atoms with Gasteiger partial charge < -0.3 is 15.3 Å². The zero-order valence-electron chi connectivity index (χ0n) is 12.6. The van der Waals surface area contributed by atoms with Crippen LogP contribution in [0.1, 0.15) is 16.9 Å². The minimum Gasteiger partial charge on any atom is -0.459 e. The van der Waals surface area contributed by atoms with E-state index < -0.39 is 0 Å². The van der Waals surface area contributed by atoms with Crippen molar-refractivity contribution >= 4 is 17.6 Å². The summed E-state index contributed by atoms with van der Waals surface area (Å²) in [5.41, 5.74) is 9.77. The number of fused-ring (bicyclic) bond motifs is 3. The fourth-order valence-electron chi connectivity index (χ4n) is 2.92. The second kappa shape index (κ2) is 5.71. The topological polar surface area (TPSA) is 96.1 Å². The monoisotopic (exact) mass is 335 g/mol. The van der Waals surface area contributed by atoms with Crippen LogP contribution < -0.4 is 5.73 Å². The standard InChI is InChI=1S/C18H13N3O2S/c19-7-12-16(14-6-5-10(8-22)23-14)13-9-24-15-4-2-1-3-11(15)17(13)21-18(12)20/h1-6,22H,8-9H2,(H2,20,21). The summed E-state index contributed by atoms with van der Waals surface area (Å²) in [6.07, 6.45) is 0.